The van der Waals surface area contributed by atoms with E-state index in [1.54, 1.807) is 0 Å². The monoisotopic (exact) mass is 387 g/mol. The number of rotatable bonds is 8. The van der Waals surface area contributed by atoms with Crippen LogP contribution in [0.25, 0.3) is 10.9 Å². The van der Waals surface area contributed by atoms with Crippen molar-refractivity contribution >= 4 is 22.5 Å². The molecule has 1 saturated heterocycles. The first kappa shape index (κ1) is 20.4. The van der Waals surface area contributed by atoms with Crippen LogP contribution in [-0.2, 0) is 16.1 Å². The van der Waals surface area contributed by atoms with Crippen molar-refractivity contribution in [3.8, 4) is 5.88 Å². The van der Waals surface area contributed by atoms with Crippen molar-refractivity contribution in [2.45, 2.75) is 20.4 Å². The van der Waals surface area contributed by atoms with Gasteiger partial charge >= 0.3 is 0 Å². The Kier molecular flexibility index (Phi) is 7.13. The van der Waals surface area contributed by atoms with Gasteiger partial charge in [0.05, 0.1) is 25.3 Å². The van der Waals surface area contributed by atoms with Crippen molar-refractivity contribution in [3.63, 3.8) is 0 Å². The minimum atomic E-state index is -0.318. The van der Waals surface area contributed by atoms with Crippen LogP contribution in [-0.4, -0.2) is 77.9 Å². The molecule has 0 radical (unpaired) electrons. The van der Waals surface area contributed by atoms with Gasteiger partial charge in [0.15, 0.2) is 5.69 Å². The molecule has 0 spiro atoms. The Balaban J connectivity index is 1.78. The van der Waals surface area contributed by atoms with Crippen molar-refractivity contribution in [2.24, 2.45) is 10.2 Å². The van der Waals surface area contributed by atoms with Crippen molar-refractivity contribution in [1.82, 2.24) is 14.4 Å². The number of azo groups is 1. The predicted molar refractivity (Wildman–Crippen MR) is 108 cm³/mol. The molecule has 0 atom stereocenters. The highest BCUT2D eigenvalue weighted by molar-refractivity contribution is 5.95. The van der Waals surface area contributed by atoms with Gasteiger partial charge in [0.25, 0.3) is 5.91 Å². The molecule has 8 nitrogen and oxygen atoms in total. The van der Waals surface area contributed by atoms with E-state index in [0.717, 1.165) is 43.6 Å². The minimum Gasteiger partial charge on any atom is -0.493 e. The zero-order valence-corrected chi connectivity index (χ0v) is 16.7. The number of morpholine rings is 1. The summed E-state index contributed by atoms with van der Waals surface area (Å²) in [4.78, 5) is 16.5. The molecule has 1 amide bonds. The van der Waals surface area contributed by atoms with Gasteiger partial charge < -0.3 is 19.3 Å². The first-order valence-electron chi connectivity index (χ1n) is 9.91. The summed E-state index contributed by atoms with van der Waals surface area (Å²) in [5.41, 5.74) is 1.24. The van der Waals surface area contributed by atoms with E-state index in [9.17, 15) is 9.90 Å². The Labute approximate surface area is 165 Å². The van der Waals surface area contributed by atoms with Crippen LogP contribution in [0.15, 0.2) is 34.5 Å². The van der Waals surface area contributed by atoms with Crippen LogP contribution in [0.5, 0.6) is 5.88 Å². The molecule has 3 rings (SSSR count). The van der Waals surface area contributed by atoms with E-state index in [1.807, 2.05) is 33.7 Å². The van der Waals surface area contributed by atoms with Crippen LogP contribution in [0.1, 0.15) is 13.8 Å². The Hall–Kier alpha value is -2.29. The van der Waals surface area contributed by atoms with Gasteiger partial charge in [-0.2, -0.15) is 0 Å². The summed E-state index contributed by atoms with van der Waals surface area (Å²) >= 11 is 0. The summed E-state index contributed by atoms with van der Waals surface area (Å²) in [5.74, 6) is -0.266. The SMILES string of the molecule is CCN(CC)CCn1c(O)c(N=NC(=O)CN2CCOCC2)c2ccccc21. The number of fused-ring (bicyclic) bond motifs is 1. The van der Waals surface area contributed by atoms with Crippen LogP contribution in [0, 0.1) is 0 Å². The standard InChI is InChI=1S/C20H29N5O3/c1-3-23(4-2)9-10-25-17-8-6-5-7-16(17)19(20(25)27)22-21-18(26)15-24-11-13-28-14-12-24/h5-8,27H,3-4,9-15H2,1-2H3. The topological polar surface area (TPSA) is 82.7 Å². The number of benzene rings is 1. The highest BCUT2D eigenvalue weighted by Gasteiger charge is 2.18. The fraction of sp³-hybridized carbons (Fsp3) is 0.550. The van der Waals surface area contributed by atoms with E-state index in [0.29, 0.717) is 25.4 Å². The normalized spacial score (nSPS) is 15.8. The van der Waals surface area contributed by atoms with Gasteiger partial charge in [0.1, 0.15) is 0 Å². The summed E-state index contributed by atoms with van der Waals surface area (Å²) < 4.78 is 7.13. The molecule has 0 bridgehead atoms. The average molecular weight is 387 g/mol. The Morgan fingerprint density at radius 2 is 1.93 bits per heavy atom. The second-order valence-corrected chi connectivity index (χ2v) is 6.85. The lowest BCUT2D eigenvalue weighted by Gasteiger charge is -2.24. The lowest BCUT2D eigenvalue weighted by molar-refractivity contribution is -0.120. The van der Waals surface area contributed by atoms with Gasteiger partial charge in [-0.05, 0) is 19.2 Å². The van der Waals surface area contributed by atoms with Crippen LogP contribution in [0.3, 0.4) is 0 Å². The van der Waals surface area contributed by atoms with E-state index in [1.165, 1.54) is 0 Å². The third-order valence-corrected chi connectivity index (χ3v) is 5.18. The third kappa shape index (κ3) is 4.76. The van der Waals surface area contributed by atoms with Crippen molar-refractivity contribution < 1.29 is 14.6 Å². The van der Waals surface area contributed by atoms with E-state index in [2.05, 4.69) is 29.0 Å². The smallest absolute Gasteiger partial charge is 0.278 e. The molecule has 28 heavy (non-hydrogen) atoms. The molecule has 152 valence electrons. The molecule has 2 heterocycles. The summed E-state index contributed by atoms with van der Waals surface area (Å²) in [6.45, 7) is 10.5. The van der Waals surface area contributed by atoms with E-state index in [4.69, 9.17) is 4.74 Å². The molecule has 2 aromatic rings. The minimum absolute atomic E-state index is 0.0521. The fourth-order valence-corrected chi connectivity index (χ4v) is 3.47. The largest absolute Gasteiger partial charge is 0.493 e. The lowest BCUT2D eigenvalue weighted by atomic mass is 10.2. The van der Waals surface area contributed by atoms with Gasteiger partial charge in [0, 0.05) is 31.6 Å². The molecule has 0 saturated carbocycles. The Morgan fingerprint density at radius 1 is 1.21 bits per heavy atom. The zero-order chi connectivity index (χ0) is 19.9. The predicted octanol–water partition coefficient (Wildman–Crippen LogP) is 2.63. The quantitative estimate of drug-likeness (QED) is 0.704. The number of hydrogen-bond donors (Lipinski definition) is 1. The number of carbonyl (C=O) groups excluding carboxylic acids is 1. The van der Waals surface area contributed by atoms with Crippen LogP contribution >= 0.6 is 0 Å². The van der Waals surface area contributed by atoms with Crippen LogP contribution in [0.4, 0.5) is 5.69 Å². The second kappa shape index (κ2) is 9.77. The molecule has 0 aliphatic carbocycles. The molecular formula is C20H29N5O3. The summed E-state index contributed by atoms with van der Waals surface area (Å²) in [5, 5.41) is 19.5. The number of amides is 1. The number of ether oxygens (including phenoxy) is 1. The summed E-state index contributed by atoms with van der Waals surface area (Å²) in [6.07, 6.45) is 0. The highest BCUT2D eigenvalue weighted by atomic mass is 16.5. The van der Waals surface area contributed by atoms with Gasteiger partial charge in [-0.25, -0.2) is 0 Å². The molecule has 1 aliphatic heterocycles. The van der Waals surface area contributed by atoms with Gasteiger partial charge in [-0.15, -0.1) is 10.2 Å². The van der Waals surface area contributed by atoms with Gasteiger partial charge in [-0.1, -0.05) is 32.0 Å². The molecule has 0 unspecified atom stereocenters. The third-order valence-electron chi connectivity index (χ3n) is 5.18. The fourth-order valence-electron chi connectivity index (χ4n) is 3.47. The number of likely N-dealkylation sites (N-methyl/N-ethyl adjacent to an activating group) is 1. The summed E-state index contributed by atoms with van der Waals surface area (Å²) in [7, 11) is 0. The maximum Gasteiger partial charge on any atom is 0.278 e. The van der Waals surface area contributed by atoms with E-state index in [-0.39, 0.29) is 18.3 Å². The molecular weight excluding hydrogens is 358 g/mol. The number of nitrogens with zero attached hydrogens (tertiary/aromatic N) is 5. The number of hydrogen-bond acceptors (Lipinski definition) is 6. The van der Waals surface area contributed by atoms with E-state index >= 15 is 0 Å². The van der Waals surface area contributed by atoms with Crippen molar-refractivity contribution in [3.05, 3.63) is 24.3 Å². The number of carbonyl (C=O) groups is 1. The molecule has 1 N–H and O–H groups in total. The Bertz CT molecular complexity index is 823. The highest BCUT2D eigenvalue weighted by Crippen LogP contribution is 2.38. The first-order valence-corrected chi connectivity index (χ1v) is 9.91. The number of aromatic nitrogens is 1. The average Bonchev–Trinajstić information content (AvgIpc) is 2.99. The Morgan fingerprint density at radius 3 is 2.64 bits per heavy atom. The van der Waals surface area contributed by atoms with Gasteiger partial charge in [-0.3, -0.25) is 9.69 Å². The first-order chi connectivity index (χ1) is 13.6. The lowest BCUT2D eigenvalue weighted by Crippen LogP contribution is -2.39. The second-order valence-electron chi connectivity index (χ2n) is 6.85. The van der Waals surface area contributed by atoms with E-state index < -0.39 is 0 Å². The summed E-state index contributed by atoms with van der Waals surface area (Å²) in [6, 6.07) is 7.67. The molecule has 1 aliphatic rings. The number of para-hydroxylation sites is 1. The zero-order valence-electron chi connectivity index (χ0n) is 16.7. The maximum absolute atomic E-state index is 12.2. The number of aromatic hydroxyl groups is 1. The van der Waals surface area contributed by atoms with Crippen LogP contribution in [0.2, 0.25) is 0 Å². The van der Waals surface area contributed by atoms with Crippen molar-refractivity contribution in [2.75, 3.05) is 52.5 Å². The van der Waals surface area contributed by atoms with Crippen molar-refractivity contribution in [1.29, 1.82) is 0 Å². The molecule has 1 aromatic carbocycles. The molecule has 1 fully saturated rings. The van der Waals surface area contributed by atoms with Gasteiger partial charge in [0.2, 0.25) is 5.88 Å². The van der Waals surface area contributed by atoms with Crippen LogP contribution < -0.4 is 0 Å². The molecule has 1 aromatic heterocycles. The molecule has 8 heteroatoms. The maximum atomic E-state index is 12.2.